The zero-order valence-corrected chi connectivity index (χ0v) is 28.4. The third-order valence-corrected chi connectivity index (χ3v) is 10.5. The van der Waals surface area contributed by atoms with E-state index in [1.165, 1.54) is 11.8 Å². The fourth-order valence-corrected chi connectivity index (χ4v) is 8.26. The topological polar surface area (TPSA) is 136 Å². The number of carbonyl (C=O) groups is 3. The van der Waals surface area contributed by atoms with Crippen molar-refractivity contribution in [2.45, 2.75) is 58.7 Å². The molecular formula is C34H37N7O4S2. The van der Waals surface area contributed by atoms with Gasteiger partial charge in [-0.1, -0.05) is 32.8 Å². The zero-order valence-electron chi connectivity index (χ0n) is 26.8. The number of likely N-dealkylation sites (tertiary alicyclic amines) is 1. The van der Waals surface area contributed by atoms with Gasteiger partial charge in [0.05, 0.1) is 51.9 Å². The van der Waals surface area contributed by atoms with Gasteiger partial charge in [-0.15, -0.1) is 22.7 Å². The van der Waals surface area contributed by atoms with Crippen molar-refractivity contribution in [3.05, 3.63) is 58.1 Å². The van der Waals surface area contributed by atoms with Crippen LogP contribution in [0.15, 0.2) is 35.2 Å². The van der Waals surface area contributed by atoms with Crippen LogP contribution in [-0.4, -0.2) is 74.4 Å². The molecule has 1 aliphatic heterocycles. The van der Waals surface area contributed by atoms with E-state index in [4.69, 9.17) is 9.72 Å². The Labute approximate surface area is 280 Å². The second-order valence-electron chi connectivity index (χ2n) is 11.9. The van der Waals surface area contributed by atoms with Crippen LogP contribution in [0.5, 0.6) is 0 Å². The Hall–Kier alpha value is -4.67. The number of aromatic amines is 2. The maximum absolute atomic E-state index is 13.6. The maximum atomic E-state index is 13.6. The molecule has 244 valence electrons. The molecule has 3 N–H and O–H groups in total. The summed E-state index contributed by atoms with van der Waals surface area (Å²) in [4.78, 5) is 56.3. The summed E-state index contributed by atoms with van der Waals surface area (Å²) in [7, 11) is 1.30. The Balaban J connectivity index is 1.21. The van der Waals surface area contributed by atoms with Crippen molar-refractivity contribution in [3.63, 3.8) is 0 Å². The van der Waals surface area contributed by atoms with Gasteiger partial charge in [-0.3, -0.25) is 9.59 Å². The largest absolute Gasteiger partial charge is 0.453 e. The smallest absolute Gasteiger partial charge is 0.407 e. The molecule has 3 amide bonds. The van der Waals surface area contributed by atoms with Crippen LogP contribution in [0.25, 0.3) is 31.6 Å². The molecule has 2 unspecified atom stereocenters. The number of alkyl carbamates (subject to hydrolysis) is 1. The molecule has 1 aliphatic rings. The lowest BCUT2D eigenvalue weighted by atomic mass is 10.0. The first-order chi connectivity index (χ1) is 22.8. The van der Waals surface area contributed by atoms with E-state index >= 15 is 0 Å². The summed E-state index contributed by atoms with van der Waals surface area (Å²) < 4.78 is 7.07. The maximum Gasteiger partial charge on any atom is 0.407 e. The fraction of sp³-hybridized carbons (Fsp3) is 0.382. The van der Waals surface area contributed by atoms with Crippen LogP contribution in [0.2, 0.25) is 0 Å². The molecule has 5 heterocycles. The summed E-state index contributed by atoms with van der Waals surface area (Å²) in [6.45, 7) is 7.57. The highest BCUT2D eigenvalue weighted by atomic mass is 32.1. The first-order valence-electron chi connectivity index (χ1n) is 15.7. The number of H-pyrrole nitrogens is 2. The van der Waals surface area contributed by atoms with Crippen LogP contribution in [0, 0.1) is 17.8 Å². The molecule has 5 aromatic rings. The molecule has 0 radical (unpaired) electrons. The molecule has 13 heteroatoms. The molecule has 0 saturated carbocycles. The number of imidazole rings is 2. The molecule has 6 rings (SSSR count). The van der Waals surface area contributed by atoms with Crippen LogP contribution in [0.4, 0.5) is 4.79 Å². The van der Waals surface area contributed by atoms with Gasteiger partial charge in [0, 0.05) is 29.4 Å². The van der Waals surface area contributed by atoms with E-state index in [9.17, 15) is 14.4 Å². The minimum Gasteiger partial charge on any atom is -0.453 e. The lowest BCUT2D eigenvalue weighted by molar-refractivity contribution is -0.135. The lowest BCUT2D eigenvalue weighted by Gasteiger charge is -2.29. The monoisotopic (exact) mass is 671 g/mol. The molecule has 0 spiro atoms. The summed E-state index contributed by atoms with van der Waals surface area (Å²) in [6, 6.07) is 5.34. The van der Waals surface area contributed by atoms with Gasteiger partial charge in [-0.05, 0) is 48.8 Å². The van der Waals surface area contributed by atoms with E-state index in [-0.39, 0.29) is 17.9 Å². The van der Waals surface area contributed by atoms with E-state index in [2.05, 4.69) is 55.0 Å². The van der Waals surface area contributed by atoms with Crippen molar-refractivity contribution in [2.24, 2.45) is 5.92 Å². The summed E-state index contributed by atoms with van der Waals surface area (Å²) in [5.74, 6) is 7.73. The predicted octanol–water partition coefficient (Wildman–Crippen LogP) is 6.04. The Bertz CT molecular complexity index is 1980. The average Bonchev–Trinajstić information content (AvgIpc) is 3.90. The third kappa shape index (κ3) is 6.75. The van der Waals surface area contributed by atoms with Crippen molar-refractivity contribution in [3.8, 4) is 23.0 Å². The number of hydrogen-bond donors (Lipinski definition) is 3. The minimum atomic E-state index is -0.678. The Morgan fingerprint density at radius 1 is 1.21 bits per heavy atom. The summed E-state index contributed by atoms with van der Waals surface area (Å²) in [6.07, 6.45) is 4.48. The number of thiophene rings is 2. The highest BCUT2D eigenvalue weighted by molar-refractivity contribution is 7.27. The van der Waals surface area contributed by atoms with Gasteiger partial charge in [-0.25, -0.2) is 14.8 Å². The van der Waals surface area contributed by atoms with Gasteiger partial charge < -0.3 is 29.8 Å². The number of methoxy groups -OCH3 is 1. The number of ether oxygens (including phenoxy) is 1. The zero-order chi connectivity index (χ0) is 33.1. The van der Waals surface area contributed by atoms with E-state index in [0.717, 1.165) is 63.9 Å². The number of carbonyl (C=O) groups excluding carboxylic acids is 3. The van der Waals surface area contributed by atoms with Crippen LogP contribution >= 0.6 is 22.7 Å². The summed E-state index contributed by atoms with van der Waals surface area (Å²) >= 11 is 3.34. The summed E-state index contributed by atoms with van der Waals surface area (Å²) in [5, 5.41) is 6.95. The number of nitrogens with one attached hydrogen (secondary N) is 3. The first-order valence-corrected chi connectivity index (χ1v) is 17.4. The number of hydrogen-bond acceptors (Lipinski definition) is 8. The molecule has 1 fully saturated rings. The summed E-state index contributed by atoms with van der Waals surface area (Å²) in [5.41, 5.74) is 5.64. The Morgan fingerprint density at radius 2 is 2.04 bits per heavy atom. The molecular weight excluding hydrogens is 635 g/mol. The number of fused-ring (bicyclic) bond motifs is 2. The molecule has 2 atom stereocenters. The number of benzene rings is 1. The van der Waals surface area contributed by atoms with Crippen LogP contribution in [0.3, 0.4) is 0 Å². The van der Waals surface area contributed by atoms with Crippen LogP contribution in [0.1, 0.15) is 69.0 Å². The minimum absolute atomic E-state index is 0.0957. The van der Waals surface area contributed by atoms with Gasteiger partial charge in [-0.2, -0.15) is 0 Å². The molecule has 11 nitrogen and oxygen atoms in total. The Morgan fingerprint density at radius 3 is 2.81 bits per heavy atom. The average molecular weight is 672 g/mol. The van der Waals surface area contributed by atoms with E-state index < -0.39 is 12.1 Å². The fourth-order valence-electron chi connectivity index (χ4n) is 5.94. The molecule has 0 bridgehead atoms. The van der Waals surface area contributed by atoms with E-state index in [1.54, 1.807) is 33.8 Å². The van der Waals surface area contributed by atoms with E-state index in [0.29, 0.717) is 31.2 Å². The van der Waals surface area contributed by atoms with Crippen molar-refractivity contribution in [1.29, 1.82) is 0 Å². The number of aromatic nitrogens is 4. The number of amides is 3. The third-order valence-electron chi connectivity index (χ3n) is 8.31. The van der Waals surface area contributed by atoms with Crippen molar-refractivity contribution in [1.82, 2.24) is 35.1 Å². The van der Waals surface area contributed by atoms with Crippen LogP contribution < -0.4 is 5.32 Å². The highest BCUT2D eigenvalue weighted by Crippen LogP contribution is 2.41. The van der Waals surface area contributed by atoms with E-state index in [1.807, 2.05) is 31.7 Å². The van der Waals surface area contributed by atoms with Gasteiger partial charge in [0.15, 0.2) is 0 Å². The van der Waals surface area contributed by atoms with Crippen LogP contribution in [-0.2, 0) is 20.9 Å². The van der Waals surface area contributed by atoms with Crippen molar-refractivity contribution < 1.29 is 19.1 Å². The Kier molecular flexibility index (Phi) is 9.60. The lowest BCUT2D eigenvalue weighted by Crippen LogP contribution is -2.51. The SMILES string of the molecule is CCCN(C=O)Cc1ncc(C#Cc2csc3c(-c4ccc5nc(C6CCCN6C(=O)C(NC(=O)OC)C(C)C)[nH]c5c4)csc23)[nH]1. The van der Waals surface area contributed by atoms with Gasteiger partial charge in [0.2, 0.25) is 12.3 Å². The molecule has 47 heavy (non-hydrogen) atoms. The predicted molar refractivity (Wildman–Crippen MR) is 184 cm³/mol. The number of nitrogens with zero attached hydrogens (tertiary/aromatic N) is 4. The quantitative estimate of drug-likeness (QED) is 0.122. The second kappa shape index (κ2) is 14.0. The first kappa shape index (κ1) is 32.3. The van der Waals surface area contributed by atoms with Crippen molar-refractivity contribution >= 4 is 61.5 Å². The normalized spacial score (nSPS) is 15.2. The standard InChI is InChI=1S/C34H37N7O4S2/c1-5-12-40(19-42)16-28-35-15-23(36-28)10-8-22-17-46-31-24(18-47-30(22)31)21-9-11-25-26(14-21)38-32(37-25)27-7-6-13-41(27)33(43)29(20(2)3)39-34(44)45-4/h9,11,14-15,17-20,27,29H,5-7,12-13,16H2,1-4H3,(H,35,36)(H,37,38)(H,39,44). The van der Waals surface area contributed by atoms with Gasteiger partial charge >= 0.3 is 6.09 Å². The molecule has 0 aliphatic carbocycles. The van der Waals surface area contributed by atoms with Gasteiger partial charge in [0.1, 0.15) is 23.4 Å². The highest BCUT2D eigenvalue weighted by Gasteiger charge is 2.37. The molecule has 4 aromatic heterocycles. The second-order valence-corrected chi connectivity index (χ2v) is 13.7. The number of rotatable bonds is 10. The molecule has 1 saturated heterocycles. The van der Waals surface area contributed by atoms with Gasteiger partial charge in [0.25, 0.3) is 0 Å². The van der Waals surface area contributed by atoms with Crippen molar-refractivity contribution in [2.75, 3.05) is 20.2 Å². The molecule has 1 aromatic carbocycles.